The largest absolute Gasteiger partial charge is 0.434 e. The molecule has 0 radical (unpaired) electrons. The molecule has 0 N–H and O–H groups in total. The van der Waals surface area contributed by atoms with E-state index < -0.39 is 0 Å². The zero-order chi connectivity index (χ0) is 13.0. The maximum Gasteiger partial charge on any atom is 0.315 e. The molecule has 0 atom stereocenters. The van der Waals surface area contributed by atoms with Gasteiger partial charge in [0.15, 0.2) is 5.78 Å². The lowest BCUT2D eigenvalue weighted by Crippen LogP contribution is -2.18. The number of ether oxygens (including phenoxy) is 1. The molecule has 3 aliphatic rings. The van der Waals surface area contributed by atoms with Gasteiger partial charge < -0.3 is 4.74 Å². The van der Waals surface area contributed by atoms with Crippen molar-refractivity contribution in [1.29, 1.82) is 0 Å². The molecule has 1 aromatic rings. The van der Waals surface area contributed by atoms with Gasteiger partial charge in [-0.25, -0.2) is 0 Å². The maximum atomic E-state index is 12.3. The lowest BCUT2D eigenvalue weighted by molar-refractivity contribution is -0.137. The molecule has 0 aromatic heterocycles. The van der Waals surface area contributed by atoms with Crippen LogP contribution in [0.25, 0.3) is 11.6 Å². The molecule has 3 heteroatoms. The minimum Gasteiger partial charge on any atom is -0.434 e. The minimum atomic E-state index is -0.311. The van der Waals surface area contributed by atoms with E-state index in [4.69, 9.17) is 4.74 Å². The summed E-state index contributed by atoms with van der Waals surface area (Å²) in [5.41, 5.74) is 5.46. The lowest BCUT2D eigenvalue weighted by Gasteiger charge is -2.24. The molecular formula is C16H10O3. The molecule has 4 rings (SSSR count). The van der Waals surface area contributed by atoms with Crippen LogP contribution in [-0.4, -0.2) is 11.8 Å². The molecule has 1 aromatic carbocycles. The number of benzene rings is 1. The highest BCUT2D eigenvalue weighted by Crippen LogP contribution is 2.39. The number of carbonyl (C=O) groups is 2. The summed E-state index contributed by atoms with van der Waals surface area (Å²) in [7, 11) is 0. The van der Waals surface area contributed by atoms with Gasteiger partial charge in [0.25, 0.3) is 0 Å². The van der Waals surface area contributed by atoms with Crippen LogP contribution in [0.4, 0.5) is 0 Å². The number of rotatable bonds is 0. The van der Waals surface area contributed by atoms with Crippen LogP contribution >= 0.6 is 0 Å². The first-order chi connectivity index (χ1) is 9.24. The molecule has 19 heavy (non-hydrogen) atoms. The second-order valence-electron chi connectivity index (χ2n) is 4.89. The monoisotopic (exact) mass is 250 g/mol. The Labute approximate surface area is 109 Å². The molecular weight excluding hydrogens is 240 g/mol. The molecule has 1 aliphatic heterocycles. The molecule has 92 valence electrons. The highest BCUT2D eigenvalue weighted by molar-refractivity contribution is 6.16. The van der Waals surface area contributed by atoms with Crippen molar-refractivity contribution in [2.75, 3.05) is 0 Å². The Morgan fingerprint density at radius 2 is 2.05 bits per heavy atom. The van der Waals surface area contributed by atoms with E-state index in [0.717, 1.165) is 39.8 Å². The van der Waals surface area contributed by atoms with Gasteiger partial charge in [0.05, 0.1) is 6.42 Å². The van der Waals surface area contributed by atoms with Crippen LogP contribution in [-0.2, 0) is 16.0 Å². The van der Waals surface area contributed by atoms with Gasteiger partial charge in [-0.05, 0) is 34.8 Å². The number of ketones is 1. The van der Waals surface area contributed by atoms with E-state index >= 15 is 0 Å². The third-order valence-electron chi connectivity index (χ3n) is 3.80. The van der Waals surface area contributed by atoms with Crippen molar-refractivity contribution in [3.63, 3.8) is 0 Å². The Bertz CT molecular complexity index is 733. The van der Waals surface area contributed by atoms with Gasteiger partial charge in [-0.2, -0.15) is 0 Å². The van der Waals surface area contributed by atoms with E-state index in [2.05, 4.69) is 6.08 Å². The Morgan fingerprint density at radius 1 is 1.16 bits per heavy atom. The van der Waals surface area contributed by atoms with Gasteiger partial charge >= 0.3 is 5.97 Å². The second-order valence-corrected chi connectivity index (χ2v) is 4.89. The summed E-state index contributed by atoms with van der Waals surface area (Å²) in [6, 6.07) is 3.96. The highest BCUT2D eigenvalue weighted by Gasteiger charge is 2.30. The van der Waals surface area contributed by atoms with Crippen molar-refractivity contribution in [2.24, 2.45) is 0 Å². The van der Waals surface area contributed by atoms with Crippen LogP contribution in [0.5, 0.6) is 0 Å². The van der Waals surface area contributed by atoms with Gasteiger partial charge in [0.1, 0.15) is 6.26 Å². The molecule has 0 bridgehead atoms. The molecule has 0 amide bonds. The smallest absolute Gasteiger partial charge is 0.315 e. The summed E-state index contributed by atoms with van der Waals surface area (Å²) < 4.78 is 4.99. The number of fused-ring (bicyclic) bond motifs is 5. The topological polar surface area (TPSA) is 43.4 Å². The molecule has 1 heterocycles. The van der Waals surface area contributed by atoms with Gasteiger partial charge in [-0.15, -0.1) is 0 Å². The third-order valence-corrected chi connectivity index (χ3v) is 3.80. The number of hydrogen-bond acceptors (Lipinski definition) is 3. The molecule has 0 fully saturated rings. The molecule has 0 spiro atoms. The molecule has 0 saturated carbocycles. The summed E-state index contributed by atoms with van der Waals surface area (Å²) in [6.45, 7) is 0. The number of esters is 1. The number of carbonyl (C=O) groups excluding carboxylic acids is 2. The fourth-order valence-electron chi connectivity index (χ4n) is 2.94. The molecule has 3 nitrogen and oxygen atoms in total. The van der Waals surface area contributed by atoms with Crippen molar-refractivity contribution < 1.29 is 14.3 Å². The Kier molecular flexibility index (Phi) is 1.96. The highest BCUT2D eigenvalue weighted by atomic mass is 16.5. The Hall–Kier alpha value is -2.42. The van der Waals surface area contributed by atoms with Crippen molar-refractivity contribution in [3.05, 3.63) is 58.4 Å². The first-order valence-corrected chi connectivity index (χ1v) is 6.22. The van der Waals surface area contributed by atoms with Crippen LogP contribution < -0.4 is 0 Å². The predicted molar refractivity (Wildman–Crippen MR) is 70.3 cm³/mol. The summed E-state index contributed by atoms with van der Waals surface area (Å²) >= 11 is 0. The van der Waals surface area contributed by atoms with E-state index in [0.29, 0.717) is 0 Å². The van der Waals surface area contributed by atoms with Gasteiger partial charge in [0, 0.05) is 11.1 Å². The van der Waals surface area contributed by atoms with Crippen LogP contribution in [0, 0.1) is 0 Å². The molecule has 0 saturated heterocycles. The summed E-state index contributed by atoms with van der Waals surface area (Å²) in [5.74, 6) is -0.313. The zero-order valence-electron chi connectivity index (χ0n) is 10.1. The van der Waals surface area contributed by atoms with E-state index in [9.17, 15) is 9.59 Å². The lowest BCUT2D eigenvalue weighted by atomic mass is 9.81. The quantitative estimate of drug-likeness (QED) is 0.665. The van der Waals surface area contributed by atoms with Crippen LogP contribution in [0.2, 0.25) is 0 Å². The summed E-state index contributed by atoms with van der Waals surface area (Å²) in [5, 5.41) is 0. The number of cyclic esters (lactones) is 1. The predicted octanol–water partition coefficient (Wildman–Crippen LogP) is 2.67. The van der Waals surface area contributed by atoms with E-state index in [1.807, 2.05) is 18.2 Å². The van der Waals surface area contributed by atoms with E-state index in [1.54, 1.807) is 6.08 Å². The fourth-order valence-corrected chi connectivity index (χ4v) is 2.94. The van der Waals surface area contributed by atoms with Gasteiger partial charge in [-0.3, -0.25) is 9.59 Å². The summed E-state index contributed by atoms with van der Waals surface area (Å²) in [4.78, 5) is 23.6. The van der Waals surface area contributed by atoms with Crippen molar-refractivity contribution in [3.8, 4) is 0 Å². The van der Waals surface area contributed by atoms with E-state index in [1.165, 1.54) is 6.26 Å². The molecule has 0 unspecified atom stereocenters. The van der Waals surface area contributed by atoms with Gasteiger partial charge in [-0.1, -0.05) is 24.3 Å². The van der Waals surface area contributed by atoms with Crippen molar-refractivity contribution in [1.82, 2.24) is 0 Å². The number of allylic oxidation sites excluding steroid dienone is 3. The second kappa shape index (κ2) is 3.54. The third kappa shape index (κ3) is 1.38. The van der Waals surface area contributed by atoms with Gasteiger partial charge in [0.2, 0.25) is 0 Å². The van der Waals surface area contributed by atoms with Crippen molar-refractivity contribution >= 4 is 23.4 Å². The standard InChI is InChI=1S/C16H10O3/c17-14-6-10-7-15(18)19-8-13(10)12-5-4-9-2-1-3-11(9)16(12)14/h1-2,4-6,8H,3,7H2. The average Bonchev–Trinajstić information content (AvgIpc) is 2.86. The summed E-state index contributed by atoms with van der Waals surface area (Å²) in [6.07, 6.45) is 8.11. The normalized spacial score (nSPS) is 19.2. The van der Waals surface area contributed by atoms with Crippen LogP contribution in [0.15, 0.2) is 36.1 Å². The first kappa shape index (κ1) is 10.5. The Morgan fingerprint density at radius 3 is 2.95 bits per heavy atom. The Balaban J connectivity index is 1.98. The van der Waals surface area contributed by atoms with Crippen molar-refractivity contribution in [2.45, 2.75) is 12.8 Å². The maximum absolute atomic E-state index is 12.3. The fraction of sp³-hybridized carbons (Fsp3) is 0.125. The minimum absolute atomic E-state index is 0.00241. The average molecular weight is 250 g/mol. The van der Waals surface area contributed by atoms with Crippen LogP contribution in [0.3, 0.4) is 0 Å². The zero-order valence-corrected chi connectivity index (χ0v) is 10.1. The van der Waals surface area contributed by atoms with Crippen LogP contribution in [0.1, 0.15) is 33.5 Å². The van der Waals surface area contributed by atoms with E-state index in [-0.39, 0.29) is 18.2 Å². The molecule has 2 aliphatic carbocycles. The SMILES string of the molecule is O=C1CC2=CC(=O)c3c(ccc4c3CC=C4)C2=CO1. The number of hydrogen-bond donors (Lipinski definition) is 0. The first-order valence-electron chi connectivity index (χ1n) is 6.22.